The molecule has 7 nitrogen and oxygen atoms in total. The van der Waals surface area contributed by atoms with Gasteiger partial charge in [-0.3, -0.25) is 4.79 Å². The SMILES string of the molecule is Nc1c(C(=O)N2CCCCC2)sc2nc(-c3ccc4nc[nH]c4c3)cnc12. The Labute approximate surface area is 159 Å². The molecule has 3 N–H and O–H groups in total. The van der Waals surface area contributed by atoms with E-state index in [1.54, 1.807) is 12.5 Å². The van der Waals surface area contributed by atoms with Crippen molar-refractivity contribution in [1.29, 1.82) is 0 Å². The summed E-state index contributed by atoms with van der Waals surface area (Å²) in [6, 6.07) is 5.91. The van der Waals surface area contributed by atoms with E-state index in [4.69, 9.17) is 10.7 Å². The summed E-state index contributed by atoms with van der Waals surface area (Å²) < 4.78 is 0. The lowest BCUT2D eigenvalue weighted by Crippen LogP contribution is -2.35. The Morgan fingerprint density at radius 2 is 2.04 bits per heavy atom. The van der Waals surface area contributed by atoms with Gasteiger partial charge in [0.15, 0.2) is 0 Å². The number of benzene rings is 1. The standard InChI is InChI=1S/C19H18N6OS/c20-15-16-18(27-17(15)19(26)25-6-2-1-3-7-25)24-14(9-21-16)11-4-5-12-13(8-11)23-10-22-12/h4-5,8-10H,1-3,6-7,20H2,(H,22,23). The highest BCUT2D eigenvalue weighted by molar-refractivity contribution is 7.21. The van der Waals surface area contributed by atoms with E-state index < -0.39 is 0 Å². The summed E-state index contributed by atoms with van der Waals surface area (Å²) in [6.07, 6.45) is 6.65. The van der Waals surface area contributed by atoms with Crippen molar-refractivity contribution >= 4 is 44.3 Å². The third kappa shape index (κ3) is 2.73. The first kappa shape index (κ1) is 16.2. The number of H-pyrrole nitrogens is 1. The van der Waals surface area contributed by atoms with Crippen LogP contribution in [-0.2, 0) is 0 Å². The zero-order valence-corrected chi connectivity index (χ0v) is 15.4. The molecule has 0 bridgehead atoms. The van der Waals surface area contributed by atoms with E-state index in [9.17, 15) is 4.79 Å². The molecular formula is C19H18N6OS. The normalized spacial score (nSPS) is 14.9. The van der Waals surface area contributed by atoms with Crippen molar-refractivity contribution in [3.05, 3.63) is 35.6 Å². The molecule has 0 atom stereocenters. The van der Waals surface area contributed by atoms with Gasteiger partial charge >= 0.3 is 0 Å². The summed E-state index contributed by atoms with van der Waals surface area (Å²) in [5, 5.41) is 0. The van der Waals surface area contributed by atoms with Crippen LogP contribution in [-0.4, -0.2) is 43.8 Å². The molecule has 8 heteroatoms. The summed E-state index contributed by atoms with van der Waals surface area (Å²) >= 11 is 1.33. The number of carbonyl (C=O) groups excluding carboxylic acids is 1. The number of imidazole rings is 1. The minimum Gasteiger partial charge on any atom is -0.396 e. The lowest BCUT2D eigenvalue weighted by Gasteiger charge is -2.26. The molecule has 4 aromatic rings. The van der Waals surface area contributed by atoms with Gasteiger partial charge in [-0.25, -0.2) is 15.0 Å². The summed E-state index contributed by atoms with van der Waals surface area (Å²) in [6.45, 7) is 1.59. The summed E-state index contributed by atoms with van der Waals surface area (Å²) in [5.74, 6) is -0.00238. The van der Waals surface area contributed by atoms with Gasteiger partial charge in [0.1, 0.15) is 15.2 Å². The third-order valence-electron chi connectivity index (χ3n) is 4.99. The number of carbonyl (C=O) groups is 1. The van der Waals surface area contributed by atoms with Gasteiger partial charge in [-0.2, -0.15) is 0 Å². The van der Waals surface area contributed by atoms with Crippen molar-refractivity contribution in [2.75, 3.05) is 18.8 Å². The number of nitrogens with one attached hydrogen (secondary N) is 1. The Hall–Kier alpha value is -3.00. The van der Waals surface area contributed by atoms with E-state index in [0.717, 1.165) is 48.2 Å². The number of nitrogens with two attached hydrogens (primary N) is 1. The second-order valence-electron chi connectivity index (χ2n) is 6.74. The molecule has 0 radical (unpaired) electrons. The number of rotatable bonds is 2. The maximum absolute atomic E-state index is 12.9. The highest BCUT2D eigenvalue weighted by Gasteiger charge is 2.24. The Morgan fingerprint density at radius 1 is 1.19 bits per heavy atom. The highest BCUT2D eigenvalue weighted by Crippen LogP contribution is 2.34. The molecular weight excluding hydrogens is 360 g/mol. The first-order chi connectivity index (χ1) is 13.2. The van der Waals surface area contributed by atoms with E-state index in [1.165, 1.54) is 17.8 Å². The predicted molar refractivity (Wildman–Crippen MR) is 107 cm³/mol. The number of amides is 1. The van der Waals surface area contributed by atoms with Crippen LogP contribution in [0.2, 0.25) is 0 Å². The average Bonchev–Trinajstić information content (AvgIpc) is 3.31. The first-order valence-electron chi connectivity index (χ1n) is 8.98. The summed E-state index contributed by atoms with van der Waals surface area (Å²) in [5.41, 5.74) is 10.8. The maximum atomic E-state index is 12.9. The van der Waals surface area contributed by atoms with Crippen LogP contribution < -0.4 is 5.73 Å². The number of likely N-dealkylation sites (tertiary alicyclic amines) is 1. The Balaban J connectivity index is 1.54. The van der Waals surface area contributed by atoms with Gasteiger partial charge in [0.25, 0.3) is 5.91 Å². The number of hydrogen-bond acceptors (Lipinski definition) is 6. The number of hydrogen-bond donors (Lipinski definition) is 2. The summed E-state index contributed by atoms with van der Waals surface area (Å²) in [4.78, 5) is 32.5. The van der Waals surface area contributed by atoms with Crippen LogP contribution in [0.5, 0.6) is 0 Å². The zero-order chi connectivity index (χ0) is 18.4. The van der Waals surface area contributed by atoms with Crippen molar-refractivity contribution in [2.24, 2.45) is 0 Å². The smallest absolute Gasteiger partial charge is 0.266 e. The van der Waals surface area contributed by atoms with Gasteiger partial charge in [0.2, 0.25) is 0 Å². The Morgan fingerprint density at radius 3 is 2.89 bits per heavy atom. The molecule has 0 saturated carbocycles. The number of anilines is 1. The molecule has 1 aromatic carbocycles. The number of aromatic amines is 1. The molecule has 5 rings (SSSR count). The molecule has 1 amide bonds. The zero-order valence-electron chi connectivity index (χ0n) is 14.6. The lowest BCUT2D eigenvalue weighted by molar-refractivity contribution is 0.0730. The number of piperidine rings is 1. The molecule has 1 aliphatic rings. The quantitative estimate of drug-likeness (QED) is 0.556. The average molecular weight is 378 g/mol. The second kappa shape index (κ2) is 6.31. The summed E-state index contributed by atoms with van der Waals surface area (Å²) in [7, 11) is 0. The number of aromatic nitrogens is 4. The fourth-order valence-electron chi connectivity index (χ4n) is 3.52. The molecule has 27 heavy (non-hydrogen) atoms. The van der Waals surface area contributed by atoms with E-state index in [2.05, 4.69) is 15.0 Å². The molecule has 0 aliphatic carbocycles. The monoisotopic (exact) mass is 378 g/mol. The number of thiophene rings is 1. The Kier molecular flexibility index (Phi) is 3.78. The molecule has 1 fully saturated rings. The topological polar surface area (TPSA) is 101 Å². The van der Waals surface area contributed by atoms with Crippen molar-refractivity contribution in [1.82, 2.24) is 24.8 Å². The molecule has 4 heterocycles. The van der Waals surface area contributed by atoms with Crippen LogP contribution >= 0.6 is 11.3 Å². The molecule has 1 saturated heterocycles. The Bertz CT molecular complexity index is 1160. The molecule has 0 unspecified atom stereocenters. The fourth-order valence-corrected chi connectivity index (χ4v) is 4.54. The predicted octanol–water partition coefficient (Wildman–Crippen LogP) is 3.44. The van der Waals surface area contributed by atoms with Gasteiger partial charge < -0.3 is 15.6 Å². The van der Waals surface area contributed by atoms with Crippen LogP contribution in [0.4, 0.5) is 5.69 Å². The molecule has 0 spiro atoms. The van der Waals surface area contributed by atoms with Crippen molar-refractivity contribution in [3.63, 3.8) is 0 Å². The van der Waals surface area contributed by atoms with E-state index in [-0.39, 0.29) is 5.91 Å². The minimum atomic E-state index is -0.00238. The van der Waals surface area contributed by atoms with Crippen molar-refractivity contribution < 1.29 is 4.79 Å². The van der Waals surface area contributed by atoms with E-state index in [0.29, 0.717) is 20.9 Å². The van der Waals surface area contributed by atoms with Crippen LogP contribution in [0.3, 0.4) is 0 Å². The van der Waals surface area contributed by atoms with Crippen LogP contribution in [0, 0.1) is 0 Å². The third-order valence-corrected chi connectivity index (χ3v) is 6.07. The van der Waals surface area contributed by atoms with Crippen LogP contribution in [0.25, 0.3) is 32.6 Å². The highest BCUT2D eigenvalue weighted by atomic mass is 32.1. The number of nitrogens with zero attached hydrogens (tertiary/aromatic N) is 4. The van der Waals surface area contributed by atoms with Gasteiger partial charge in [-0.05, 0) is 31.4 Å². The van der Waals surface area contributed by atoms with E-state index in [1.807, 2.05) is 23.1 Å². The van der Waals surface area contributed by atoms with Crippen LogP contribution in [0.1, 0.15) is 28.9 Å². The molecule has 3 aromatic heterocycles. The maximum Gasteiger partial charge on any atom is 0.266 e. The van der Waals surface area contributed by atoms with Gasteiger partial charge in [-0.15, -0.1) is 11.3 Å². The van der Waals surface area contributed by atoms with Crippen LogP contribution in [0.15, 0.2) is 30.7 Å². The van der Waals surface area contributed by atoms with Gasteiger partial charge in [0, 0.05) is 18.7 Å². The number of fused-ring (bicyclic) bond motifs is 2. The lowest BCUT2D eigenvalue weighted by atomic mass is 10.1. The fraction of sp³-hybridized carbons (Fsp3) is 0.263. The van der Waals surface area contributed by atoms with Gasteiger partial charge in [0.05, 0.1) is 34.9 Å². The van der Waals surface area contributed by atoms with E-state index >= 15 is 0 Å². The first-order valence-corrected chi connectivity index (χ1v) is 9.80. The second-order valence-corrected chi connectivity index (χ2v) is 7.74. The number of nitrogen functional groups attached to an aromatic ring is 1. The largest absolute Gasteiger partial charge is 0.396 e. The van der Waals surface area contributed by atoms with Crippen molar-refractivity contribution in [3.8, 4) is 11.3 Å². The molecule has 136 valence electrons. The van der Waals surface area contributed by atoms with Gasteiger partial charge in [-0.1, -0.05) is 6.07 Å². The molecule has 1 aliphatic heterocycles. The minimum absolute atomic E-state index is 0.00238. The van der Waals surface area contributed by atoms with Crippen molar-refractivity contribution in [2.45, 2.75) is 19.3 Å².